The molecule has 0 saturated carbocycles. The fourth-order valence-corrected chi connectivity index (χ4v) is 11.3. The van der Waals surface area contributed by atoms with Crippen LogP contribution < -0.4 is 16.2 Å². The maximum absolute atomic E-state index is 7.23. The molecule has 1 aliphatic rings. The molecule has 1 aliphatic heterocycles. The molecule has 0 saturated heterocycles. The Morgan fingerprint density at radius 3 is 2.02 bits per heavy atom. The summed E-state index contributed by atoms with van der Waals surface area (Å²) in [5, 5.41) is 13.4. The summed E-state index contributed by atoms with van der Waals surface area (Å²) in [6, 6.07) is 51.1. The maximum Gasteiger partial charge on any atom is 0.198 e. The van der Waals surface area contributed by atoms with E-state index in [1.165, 1.54) is 64.3 Å². The monoisotopic (exact) mass is 817 g/mol. The average Bonchev–Trinajstić information content (AvgIpc) is 4.01. The van der Waals surface area contributed by atoms with Crippen molar-refractivity contribution < 1.29 is 8.83 Å². The maximum atomic E-state index is 7.23. The SMILES string of the molecule is CC(C)(C)c1ccc(Nc2cc3oc4ccccc4c3cc2-c2c3c4c(c5cc(C(C)(C)C)ccc5n4-c4cc5c(cc4[B]3)sc3ccccc35)c3c2oc2ccccc23)cc1. The Bertz CT molecular complexity index is 3880. The first-order valence-corrected chi connectivity index (χ1v) is 22.4. The van der Waals surface area contributed by atoms with Crippen molar-refractivity contribution in [2.75, 3.05) is 5.32 Å². The van der Waals surface area contributed by atoms with Gasteiger partial charge < -0.3 is 18.7 Å². The number of anilines is 2. The fourth-order valence-electron chi connectivity index (χ4n) is 10.2. The van der Waals surface area contributed by atoms with E-state index in [0.29, 0.717) is 0 Å². The minimum atomic E-state index is -0.0383. The van der Waals surface area contributed by atoms with Gasteiger partial charge in [-0.05, 0) is 88.1 Å². The predicted octanol–water partition coefficient (Wildman–Crippen LogP) is 14.9. The molecule has 0 atom stereocenters. The van der Waals surface area contributed by atoms with Gasteiger partial charge in [0.25, 0.3) is 0 Å². The van der Waals surface area contributed by atoms with Gasteiger partial charge in [-0.2, -0.15) is 0 Å². The van der Waals surface area contributed by atoms with Gasteiger partial charge in [0.2, 0.25) is 0 Å². The van der Waals surface area contributed by atoms with Crippen LogP contribution in [0.3, 0.4) is 0 Å². The van der Waals surface area contributed by atoms with Crippen LogP contribution in [0.25, 0.3) is 103 Å². The van der Waals surface area contributed by atoms with E-state index < -0.39 is 0 Å². The van der Waals surface area contributed by atoms with Crippen molar-refractivity contribution in [1.82, 2.24) is 4.57 Å². The molecule has 4 aromatic heterocycles. The zero-order chi connectivity index (χ0) is 41.8. The minimum absolute atomic E-state index is 0.0383. The molecular weight excluding hydrogens is 776 g/mol. The molecule has 5 heterocycles. The molecule has 0 bridgehead atoms. The van der Waals surface area contributed by atoms with E-state index in [2.05, 4.69) is 192 Å². The second-order valence-electron chi connectivity index (χ2n) is 19.2. The molecule has 1 radical (unpaired) electrons. The number of nitrogens with zero attached hydrogens (tertiary/aromatic N) is 1. The van der Waals surface area contributed by atoms with Crippen molar-refractivity contribution in [3.63, 3.8) is 0 Å². The lowest BCUT2D eigenvalue weighted by atomic mass is 9.58. The molecule has 12 aromatic rings. The Balaban J connectivity index is 1.20. The van der Waals surface area contributed by atoms with Gasteiger partial charge >= 0.3 is 0 Å². The number of thiophene rings is 1. The van der Waals surface area contributed by atoms with E-state index in [9.17, 15) is 0 Å². The van der Waals surface area contributed by atoms with E-state index in [1.807, 2.05) is 17.4 Å². The molecule has 0 aliphatic carbocycles. The molecule has 297 valence electrons. The van der Waals surface area contributed by atoms with Crippen molar-refractivity contribution in [3.05, 3.63) is 151 Å². The summed E-state index contributed by atoms with van der Waals surface area (Å²) >= 11 is 1.87. The lowest BCUT2D eigenvalue weighted by Crippen LogP contribution is -2.37. The highest BCUT2D eigenvalue weighted by Crippen LogP contribution is 2.49. The molecule has 8 aromatic carbocycles. The van der Waals surface area contributed by atoms with Crippen molar-refractivity contribution in [2.24, 2.45) is 0 Å². The lowest BCUT2D eigenvalue weighted by Gasteiger charge is -2.24. The number of nitrogens with one attached hydrogen (secondary N) is 1. The molecule has 0 amide bonds. The van der Waals surface area contributed by atoms with E-state index in [1.54, 1.807) is 0 Å². The number of rotatable bonds is 3. The highest BCUT2D eigenvalue weighted by molar-refractivity contribution is 7.26. The minimum Gasteiger partial charge on any atom is -0.456 e. The zero-order valence-electron chi connectivity index (χ0n) is 35.5. The number of hydrogen-bond donors (Lipinski definition) is 1. The van der Waals surface area contributed by atoms with Gasteiger partial charge in [-0.25, -0.2) is 0 Å². The van der Waals surface area contributed by atoms with Crippen LogP contribution in [-0.4, -0.2) is 11.8 Å². The van der Waals surface area contributed by atoms with E-state index in [0.717, 1.165) is 71.8 Å². The normalized spacial score (nSPS) is 13.1. The predicted molar refractivity (Wildman–Crippen MR) is 266 cm³/mol. The van der Waals surface area contributed by atoms with Gasteiger partial charge in [0.15, 0.2) is 7.28 Å². The second-order valence-corrected chi connectivity index (χ2v) is 20.3. The number of para-hydroxylation sites is 2. The third kappa shape index (κ3) is 5.07. The second kappa shape index (κ2) is 12.4. The Labute approximate surface area is 363 Å². The molecule has 0 spiro atoms. The first kappa shape index (κ1) is 35.9. The Morgan fingerprint density at radius 1 is 0.548 bits per heavy atom. The van der Waals surface area contributed by atoms with Crippen molar-refractivity contribution >= 4 is 127 Å². The third-order valence-corrected chi connectivity index (χ3v) is 14.4. The smallest absolute Gasteiger partial charge is 0.198 e. The van der Waals surface area contributed by atoms with Gasteiger partial charge in [-0.3, -0.25) is 0 Å². The molecular formula is C56H42BN2O2S. The quantitative estimate of drug-likeness (QED) is 0.181. The zero-order valence-corrected chi connectivity index (χ0v) is 36.3. The Kier molecular flexibility index (Phi) is 7.21. The van der Waals surface area contributed by atoms with E-state index in [4.69, 9.17) is 8.83 Å². The van der Waals surface area contributed by atoms with Crippen LogP contribution in [0.5, 0.6) is 0 Å². The van der Waals surface area contributed by atoms with Crippen molar-refractivity contribution in [1.29, 1.82) is 0 Å². The van der Waals surface area contributed by atoms with Gasteiger partial charge in [-0.15, -0.1) is 11.3 Å². The van der Waals surface area contributed by atoms with Crippen LogP contribution in [0.15, 0.2) is 148 Å². The topological polar surface area (TPSA) is 43.2 Å². The highest BCUT2D eigenvalue weighted by atomic mass is 32.1. The summed E-state index contributed by atoms with van der Waals surface area (Å²) in [5.41, 5.74) is 16.1. The number of hydrogen-bond acceptors (Lipinski definition) is 4. The van der Waals surface area contributed by atoms with Gasteiger partial charge in [0, 0.05) is 86.6 Å². The molecule has 6 heteroatoms. The average molecular weight is 818 g/mol. The summed E-state index contributed by atoms with van der Waals surface area (Å²) in [6.07, 6.45) is 0. The fraction of sp³-hybridized carbons (Fsp3) is 0.143. The summed E-state index contributed by atoms with van der Waals surface area (Å²) in [7, 11) is 2.44. The van der Waals surface area contributed by atoms with Gasteiger partial charge in [0.1, 0.15) is 22.3 Å². The van der Waals surface area contributed by atoms with E-state index >= 15 is 0 Å². The third-order valence-electron chi connectivity index (χ3n) is 13.3. The molecule has 1 N–H and O–H groups in total. The van der Waals surface area contributed by atoms with Crippen LogP contribution in [0.2, 0.25) is 0 Å². The largest absolute Gasteiger partial charge is 0.456 e. The first-order valence-electron chi connectivity index (χ1n) is 21.6. The van der Waals surface area contributed by atoms with Gasteiger partial charge in [0.05, 0.1) is 11.2 Å². The van der Waals surface area contributed by atoms with Crippen molar-refractivity contribution in [2.45, 2.75) is 52.4 Å². The number of furan rings is 2. The number of aromatic nitrogens is 1. The molecule has 4 nitrogen and oxygen atoms in total. The Morgan fingerprint density at radius 2 is 1.24 bits per heavy atom. The summed E-state index contributed by atoms with van der Waals surface area (Å²) in [6.45, 7) is 13.7. The summed E-state index contributed by atoms with van der Waals surface area (Å²) in [4.78, 5) is 0. The van der Waals surface area contributed by atoms with Crippen LogP contribution in [0.4, 0.5) is 11.4 Å². The highest BCUT2D eigenvalue weighted by Gasteiger charge is 2.33. The lowest BCUT2D eigenvalue weighted by molar-refractivity contribution is 0.590. The summed E-state index contributed by atoms with van der Waals surface area (Å²) < 4.78 is 19.0. The van der Waals surface area contributed by atoms with E-state index in [-0.39, 0.29) is 10.8 Å². The number of fused-ring (bicyclic) bond motifs is 15. The number of benzene rings is 8. The standard InChI is InChI=1S/C56H42BN2O2S/c1-55(2,3)30-19-22-32(23-20-30)58-41-29-46-36(33-13-7-10-16-44(33)60-46)26-38(41)51-52-53-49(50-35-15-8-11-17-45(35)61-54(50)51)39-25-31(56(4,5)6)21-24-42(39)59(53)43-27-37-34-14-9-12-18-47(34)62-48(37)28-40(43)57-52/h7-29,58H,1-6H3. The van der Waals surface area contributed by atoms with Gasteiger partial charge in [-0.1, -0.05) is 120 Å². The Hall–Kier alpha value is -6.76. The van der Waals surface area contributed by atoms with Crippen molar-refractivity contribution in [3.8, 4) is 16.8 Å². The molecule has 13 rings (SSSR count). The van der Waals surface area contributed by atoms with Crippen LogP contribution >= 0.6 is 11.3 Å². The van der Waals surface area contributed by atoms with Crippen LogP contribution in [-0.2, 0) is 10.8 Å². The molecule has 0 unspecified atom stereocenters. The summed E-state index contributed by atoms with van der Waals surface area (Å²) in [5.74, 6) is 0. The molecule has 62 heavy (non-hydrogen) atoms. The van der Waals surface area contributed by atoms with Crippen LogP contribution in [0.1, 0.15) is 52.7 Å². The first-order chi connectivity index (χ1) is 30.0. The van der Waals surface area contributed by atoms with Crippen LogP contribution in [0, 0.1) is 0 Å². The molecule has 0 fully saturated rings.